The van der Waals surface area contributed by atoms with Gasteiger partial charge in [-0.15, -0.1) is 0 Å². The average Bonchev–Trinajstić information content (AvgIpc) is 2.32. The third-order valence-electron chi connectivity index (χ3n) is 3.98. The molecule has 0 spiro atoms. The first kappa shape index (κ1) is 13.5. The lowest BCUT2D eigenvalue weighted by Crippen LogP contribution is -2.49. The van der Waals surface area contributed by atoms with Crippen molar-refractivity contribution in [1.29, 1.82) is 0 Å². The fraction of sp³-hybridized carbons (Fsp3) is 0.571. The molecule has 1 aliphatic carbocycles. The molecule has 18 heavy (non-hydrogen) atoms. The number of nitrogens with one attached hydrogen (secondary N) is 1. The number of hydrogen-bond donors (Lipinski definition) is 2. The van der Waals surface area contributed by atoms with Gasteiger partial charge in [0, 0.05) is 28.7 Å². The van der Waals surface area contributed by atoms with Gasteiger partial charge >= 0.3 is 0 Å². The highest BCUT2D eigenvalue weighted by atomic mass is 35.5. The zero-order valence-corrected chi connectivity index (χ0v) is 11.7. The summed E-state index contributed by atoms with van der Waals surface area (Å²) in [5.41, 5.74) is 1.04. The Balaban J connectivity index is 2.11. The molecule has 0 saturated heterocycles. The minimum atomic E-state index is 0.181. The van der Waals surface area contributed by atoms with Crippen LogP contribution in [0, 0.1) is 0 Å². The topological polar surface area (TPSA) is 41.5 Å². The Labute approximate surface area is 113 Å². The van der Waals surface area contributed by atoms with Gasteiger partial charge in [0.1, 0.15) is 0 Å². The molecule has 0 aromatic heterocycles. The van der Waals surface area contributed by atoms with E-state index in [9.17, 15) is 5.11 Å². The van der Waals surface area contributed by atoms with Crippen molar-refractivity contribution < 1.29 is 9.84 Å². The molecule has 2 N–H and O–H groups in total. The number of phenolic OH excluding ortho intramolecular Hbond substituents is 1. The summed E-state index contributed by atoms with van der Waals surface area (Å²) in [7, 11) is 1.53. The molecule has 1 fully saturated rings. The van der Waals surface area contributed by atoms with E-state index in [2.05, 4.69) is 12.2 Å². The SMILES string of the molecule is CCC1(NCc2cc(Cl)cc(OC)c2O)CCC1. The number of rotatable bonds is 5. The van der Waals surface area contributed by atoms with E-state index in [0.717, 1.165) is 12.0 Å². The molecule has 1 aromatic rings. The van der Waals surface area contributed by atoms with Crippen LogP contribution in [0.3, 0.4) is 0 Å². The number of benzene rings is 1. The second kappa shape index (κ2) is 5.37. The standard InChI is InChI=1S/C14H20ClNO2/c1-3-14(5-4-6-14)16-9-10-7-11(15)8-12(18-2)13(10)17/h7-8,16-17H,3-6,9H2,1-2H3. The predicted molar refractivity (Wildman–Crippen MR) is 73.4 cm³/mol. The first-order valence-corrected chi connectivity index (χ1v) is 6.78. The van der Waals surface area contributed by atoms with Crippen LogP contribution < -0.4 is 10.1 Å². The molecule has 1 aliphatic rings. The molecule has 3 nitrogen and oxygen atoms in total. The Bertz CT molecular complexity index is 425. The van der Waals surface area contributed by atoms with Gasteiger partial charge in [0.05, 0.1) is 7.11 Å². The van der Waals surface area contributed by atoms with Gasteiger partial charge in [-0.3, -0.25) is 0 Å². The highest BCUT2D eigenvalue weighted by molar-refractivity contribution is 6.30. The molecule has 0 unspecified atom stereocenters. The summed E-state index contributed by atoms with van der Waals surface area (Å²) in [5.74, 6) is 0.610. The Morgan fingerprint density at radius 1 is 1.44 bits per heavy atom. The van der Waals surface area contributed by atoms with Crippen molar-refractivity contribution in [2.24, 2.45) is 0 Å². The average molecular weight is 270 g/mol. The number of ether oxygens (including phenoxy) is 1. The van der Waals surface area contributed by atoms with Crippen molar-refractivity contribution in [3.8, 4) is 11.5 Å². The molecule has 1 aromatic carbocycles. The van der Waals surface area contributed by atoms with E-state index in [4.69, 9.17) is 16.3 Å². The Morgan fingerprint density at radius 3 is 2.67 bits per heavy atom. The van der Waals surface area contributed by atoms with Crippen molar-refractivity contribution in [2.75, 3.05) is 7.11 Å². The fourth-order valence-corrected chi connectivity index (χ4v) is 2.69. The number of hydrogen-bond acceptors (Lipinski definition) is 3. The Hall–Kier alpha value is -0.930. The first-order chi connectivity index (χ1) is 8.60. The highest BCUT2D eigenvalue weighted by Crippen LogP contribution is 2.37. The number of halogens is 1. The van der Waals surface area contributed by atoms with Gasteiger partial charge in [-0.05, 0) is 31.7 Å². The summed E-state index contributed by atoms with van der Waals surface area (Å²) in [5, 5.41) is 14.2. The summed E-state index contributed by atoms with van der Waals surface area (Å²) in [6, 6.07) is 3.41. The quantitative estimate of drug-likeness (QED) is 0.860. The third-order valence-corrected chi connectivity index (χ3v) is 4.20. The molecular weight excluding hydrogens is 250 g/mol. The molecule has 100 valence electrons. The van der Waals surface area contributed by atoms with E-state index in [1.165, 1.54) is 26.4 Å². The lowest BCUT2D eigenvalue weighted by molar-refractivity contribution is 0.175. The van der Waals surface area contributed by atoms with Gasteiger partial charge in [-0.25, -0.2) is 0 Å². The van der Waals surface area contributed by atoms with Gasteiger partial charge in [-0.2, -0.15) is 0 Å². The maximum Gasteiger partial charge on any atom is 0.162 e. The predicted octanol–water partition coefficient (Wildman–Crippen LogP) is 3.48. The summed E-state index contributed by atoms with van der Waals surface area (Å²) in [6.07, 6.45) is 4.82. The maximum absolute atomic E-state index is 10.0. The minimum Gasteiger partial charge on any atom is -0.504 e. The van der Waals surface area contributed by atoms with E-state index >= 15 is 0 Å². The molecule has 1 saturated carbocycles. The molecule has 4 heteroatoms. The zero-order chi connectivity index (χ0) is 13.2. The lowest BCUT2D eigenvalue weighted by atomic mass is 9.75. The Morgan fingerprint density at radius 2 is 2.17 bits per heavy atom. The molecule has 0 bridgehead atoms. The van der Waals surface area contributed by atoms with E-state index in [-0.39, 0.29) is 11.3 Å². The molecule has 0 radical (unpaired) electrons. The van der Waals surface area contributed by atoms with Gasteiger partial charge in [0.2, 0.25) is 0 Å². The molecule has 0 aliphatic heterocycles. The molecular formula is C14H20ClNO2. The normalized spacial score (nSPS) is 17.3. The zero-order valence-electron chi connectivity index (χ0n) is 10.9. The molecule has 2 rings (SSSR count). The van der Waals surface area contributed by atoms with Crippen LogP contribution in [0.1, 0.15) is 38.2 Å². The smallest absolute Gasteiger partial charge is 0.162 e. The summed E-state index contributed by atoms with van der Waals surface area (Å²) in [6.45, 7) is 2.82. The molecule has 0 amide bonds. The first-order valence-electron chi connectivity index (χ1n) is 6.40. The van der Waals surface area contributed by atoms with Crippen LogP contribution in [-0.2, 0) is 6.54 Å². The largest absolute Gasteiger partial charge is 0.504 e. The van der Waals surface area contributed by atoms with Crippen molar-refractivity contribution in [1.82, 2.24) is 5.32 Å². The highest BCUT2D eigenvalue weighted by Gasteiger charge is 2.34. The van der Waals surface area contributed by atoms with E-state index < -0.39 is 0 Å². The number of methoxy groups -OCH3 is 1. The van der Waals surface area contributed by atoms with Gasteiger partial charge < -0.3 is 15.2 Å². The second-order valence-corrected chi connectivity index (χ2v) is 5.39. The van der Waals surface area contributed by atoms with Crippen LogP contribution in [0.15, 0.2) is 12.1 Å². The lowest BCUT2D eigenvalue weighted by Gasteiger charge is -2.42. The van der Waals surface area contributed by atoms with Crippen LogP contribution in [0.25, 0.3) is 0 Å². The van der Waals surface area contributed by atoms with Crippen molar-refractivity contribution in [2.45, 2.75) is 44.7 Å². The fourth-order valence-electron chi connectivity index (χ4n) is 2.46. The number of aromatic hydroxyl groups is 1. The third kappa shape index (κ3) is 2.57. The molecule has 0 atom stereocenters. The summed E-state index contributed by atoms with van der Waals surface area (Å²) < 4.78 is 5.10. The van der Waals surface area contributed by atoms with Crippen LogP contribution in [-0.4, -0.2) is 17.8 Å². The van der Waals surface area contributed by atoms with Gasteiger partial charge in [0.25, 0.3) is 0 Å². The van der Waals surface area contributed by atoms with Crippen molar-refractivity contribution >= 4 is 11.6 Å². The van der Waals surface area contributed by atoms with E-state index in [0.29, 0.717) is 17.3 Å². The van der Waals surface area contributed by atoms with Crippen molar-refractivity contribution in [3.05, 3.63) is 22.7 Å². The van der Waals surface area contributed by atoms with Crippen LogP contribution in [0.4, 0.5) is 0 Å². The van der Waals surface area contributed by atoms with E-state index in [1.807, 2.05) is 0 Å². The van der Waals surface area contributed by atoms with Gasteiger partial charge in [-0.1, -0.05) is 18.5 Å². The van der Waals surface area contributed by atoms with E-state index in [1.54, 1.807) is 12.1 Å². The monoisotopic (exact) mass is 269 g/mol. The summed E-state index contributed by atoms with van der Waals surface area (Å²) >= 11 is 6.01. The summed E-state index contributed by atoms with van der Waals surface area (Å²) in [4.78, 5) is 0. The molecule has 0 heterocycles. The van der Waals surface area contributed by atoms with Crippen LogP contribution in [0.5, 0.6) is 11.5 Å². The Kier molecular flexibility index (Phi) is 4.03. The maximum atomic E-state index is 10.0. The van der Waals surface area contributed by atoms with Gasteiger partial charge in [0.15, 0.2) is 11.5 Å². The van der Waals surface area contributed by atoms with Crippen LogP contribution in [0.2, 0.25) is 5.02 Å². The van der Waals surface area contributed by atoms with Crippen molar-refractivity contribution in [3.63, 3.8) is 0 Å². The van der Waals surface area contributed by atoms with Crippen LogP contribution >= 0.6 is 11.6 Å². The minimum absolute atomic E-state index is 0.181. The second-order valence-electron chi connectivity index (χ2n) is 4.96. The number of phenols is 1.